The van der Waals surface area contributed by atoms with Crippen molar-refractivity contribution in [2.24, 2.45) is 0 Å². The number of H-pyrrole nitrogens is 1. The van der Waals surface area contributed by atoms with E-state index in [0.29, 0.717) is 27.8 Å². The SMILES string of the molecule is Nc1n[nH]c(-c2ccc(F)cn2)c1-c1ccccc1Cl. The van der Waals surface area contributed by atoms with Crippen LogP contribution in [-0.4, -0.2) is 15.2 Å². The van der Waals surface area contributed by atoms with Gasteiger partial charge in [0.2, 0.25) is 0 Å². The predicted molar refractivity (Wildman–Crippen MR) is 76.6 cm³/mol. The lowest BCUT2D eigenvalue weighted by Crippen LogP contribution is -1.91. The van der Waals surface area contributed by atoms with E-state index in [1.54, 1.807) is 12.1 Å². The van der Waals surface area contributed by atoms with Gasteiger partial charge in [-0.05, 0) is 18.2 Å². The van der Waals surface area contributed by atoms with Crippen LogP contribution in [0, 0.1) is 5.82 Å². The van der Waals surface area contributed by atoms with Crippen molar-refractivity contribution in [1.29, 1.82) is 0 Å². The van der Waals surface area contributed by atoms with Gasteiger partial charge >= 0.3 is 0 Å². The van der Waals surface area contributed by atoms with Gasteiger partial charge in [0.25, 0.3) is 0 Å². The summed E-state index contributed by atoms with van der Waals surface area (Å²) in [6.45, 7) is 0. The van der Waals surface area contributed by atoms with Crippen molar-refractivity contribution < 1.29 is 4.39 Å². The molecule has 0 bridgehead atoms. The van der Waals surface area contributed by atoms with E-state index < -0.39 is 5.82 Å². The van der Waals surface area contributed by atoms with Crippen molar-refractivity contribution in [2.75, 3.05) is 5.73 Å². The predicted octanol–water partition coefficient (Wildman–Crippen LogP) is 3.51. The van der Waals surface area contributed by atoms with Crippen molar-refractivity contribution in [1.82, 2.24) is 15.2 Å². The fourth-order valence-electron chi connectivity index (χ4n) is 2.00. The van der Waals surface area contributed by atoms with Crippen molar-refractivity contribution in [2.45, 2.75) is 0 Å². The van der Waals surface area contributed by atoms with E-state index in [2.05, 4.69) is 15.2 Å². The van der Waals surface area contributed by atoms with Gasteiger partial charge in [0.05, 0.1) is 23.1 Å². The lowest BCUT2D eigenvalue weighted by atomic mass is 10.0. The second-order valence-electron chi connectivity index (χ2n) is 4.20. The van der Waals surface area contributed by atoms with Crippen LogP contribution in [0.3, 0.4) is 0 Å². The zero-order valence-electron chi connectivity index (χ0n) is 10.3. The highest BCUT2D eigenvalue weighted by Crippen LogP contribution is 2.37. The Labute approximate surface area is 119 Å². The molecule has 3 rings (SSSR count). The van der Waals surface area contributed by atoms with E-state index in [-0.39, 0.29) is 0 Å². The Morgan fingerprint density at radius 1 is 1.15 bits per heavy atom. The van der Waals surface area contributed by atoms with Gasteiger partial charge in [-0.3, -0.25) is 10.1 Å². The minimum atomic E-state index is -0.402. The Bertz CT molecular complexity index is 752. The van der Waals surface area contributed by atoms with Crippen LogP contribution in [0.4, 0.5) is 10.2 Å². The smallest absolute Gasteiger partial charge is 0.153 e. The third kappa shape index (κ3) is 2.12. The number of halogens is 2. The van der Waals surface area contributed by atoms with Gasteiger partial charge in [0.1, 0.15) is 5.82 Å². The molecule has 1 aromatic carbocycles. The van der Waals surface area contributed by atoms with Crippen molar-refractivity contribution in [3.63, 3.8) is 0 Å². The topological polar surface area (TPSA) is 67.6 Å². The van der Waals surface area contributed by atoms with E-state index in [1.165, 1.54) is 6.07 Å². The molecule has 0 atom stereocenters. The summed E-state index contributed by atoms with van der Waals surface area (Å²) in [6.07, 6.45) is 1.14. The summed E-state index contributed by atoms with van der Waals surface area (Å²) in [5, 5.41) is 7.37. The van der Waals surface area contributed by atoms with Crippen LogP contribution in [0.5, 0.6) is 0 Å². The molecule has 20 heavy (non-hydrogen) atoms. The summed E-state index contributed by atoms with van der Waals surface area (Å²) in [5.74, 6) is -0.0836. The highest BCUT2D eigenvalue weighted by Gasteiger charge is 2.17. The fraction of sp³-hybridized carbons (Fsp3) is 0. The second kappa shape index (κ2) is 4.94. The number of pyridine rings is 1. The molecule has 4 nitrogen and oxygen atoms in total. The van der Waals surface area contributed by atoms with Crippen LogP contribution in [0.25, 0.3) is 22.5 Å². The maximum atomic E-state index is 13.0. The van der Waals surface area contributed by atoms with Crippen LogP contribution in [0.15, 0.2) is 42.6 Å². The van der Waals surface area contributed by atoms with Gasteiger partial charge < -0.3 is 5.73 Å². The molecule has 0 aliphatic carbocycles. The maximum absolute atomic E-state index is 13.0. The fourth-order valence-corrected chi connectivity index (χ4v) is 2.23. The standard InChI is InChI=1S/C14H10ClFN4/c15-10-4-2-1-3-9(10)12-13(19-20-14(12)17)11-6-5-8(16)7-18-11/h1-7H,(H3,17,19,20). The molecule has 6 heteroatoms. The monoisotopic (exact) mass is 288 g/mol. The number of nitrogens with one attached hydrogen (secondary N) is 1. The van der Waals surface area contributed by atoms with Crippen molar-refractivity contribution >= 4 is 17.4 Å². The Balaban J connectivity index is 2.20. The van der Waals surface area contributed by atoms with Gasteiger partial charge in [-0.2, -0.15) is 5.10 Å². The molecule has 0 aliphatic heterocycles. The van der Waals surface area contributed by atoms with Crippen LogP contribution < -0.4 is 5.73 Å². The van der Waals surface area contributed by atoms with E-state index in [9.17, 15) is 4.39 Å². The molecule has 0 saturated heterocycles. The van der Waals surface area contributed by atoms with E-state index >= 15 is 0 Å². The summed E-state index contributed by atoms with van der Waals surface area (Å²) < 4.78 is 13.0. The highest BCUT2D eigenvalue weighted by molar-refractivity contribution is 6.33. The summed E-state index contributed by atoms with van der Waals surface area (Å²) in [7, 11) is 0. The molecule has 0 unspecified atom stereocenters. The summed E-state index contributed by atoms with van der Waals surface area (Å²) in [4.78, 5) is 4.03. The zero-order valence-corrected chi connectivity index (χ0v) is 11.0. The normalized spacial score (nSPS) is 10.7. The number of nitrogens with two attached hydrogens (primary N) is 1. The first-order valence-corrected chi connectivity index (χ1v) is 6.25. The number of benzene rings is 1. The number of rotatable bonds is 2. The number of aromatic nitrogens is 3. The minimum absolute atomic E-state index is 0.319. The van der Waals surface area contributed by atoms with E-state index in [0.717, 1.165) is 11.8 Å². The number of anilines is 1. The molecule has 3 aromatic rings. The first-order chi connectivity index (χ1) is 9.66. The van der Waals surface area contributed by atoms with Gasteiger partial charge in [0.15, 0.2) is 5.82 Å². The molecule has 0 radical (unpaired) electrons. The maximum Gasteiger partial charge on any atom is 0.153 e. The highest BCUT2D eigenvalue weighted by atomic mass is 35.5. The molecule has 3 N–H and O–H groups in total. The van der Waals surface area contributed by atoms with Gasteiger partial charge in [-0.25, -0.2) is 4.39 Å². The molecule has 0 saturated carbocycles. The van der Waals surface area contributed by atoms with Crippen LogP contribution >= 0.6 is 11.6 Å². The molecule has 2 aromatic heterocycles. The number of hydrogen-bond donors (Lipinski definition) is 2. The Kier molecular flexibility index (Phi) is 3.12. The first kappa shape index (κ1) is 12.6. The van der Waals surface area contributed by atoms with Gasteiger partial charge in [0, 0.05) is 10.6 Å². The number of hydrogen-bond acceptors (Lipinski definition) is 3. The molecule has 0 fully saturated rings. The third-order valence-corrected chi connectivity index (χ3v) is 3.25. The number of nitrogen functional groups attached to an aromatic ring is 1. The molecular formula is C14H10ClFN4. The molecular weight excluding hydrogens is 279 g/mol. The molecule has 0 aliphatic rings. The lowest BCUT2D eigenvalue weighted by molar-refractivity contribution is 0.622. The number of nitrogens with zero attached hydrogens (tertiary/aromatic N) is 2. The molecule has 0 spiro atoms. The van der Waals surface area contributed by atoms with E-state index in [4.69, 9.17) is 17.3 Å². The summed E-state index contributed by atoms with van der Waals surface area (Å²) in [5.41, 5.74) is 8.47. The van der Waals surface area contributed by atoms with E-state index in [1.807, 2.05) is 18.2 Å². The van der Waals surface area contributed by atoms with Gasteiger partial charge in [-0.15, -0.1) is 0 Å². The largest absolute Gasteiger partial charge is 0.382 e. The summed E-state index contributed by atoms with van der Waals surface area (Å²) >= 11 is 6.19. The Morgan fingerprint density at radius 2 is 1.95 bits per heavy atom. The lowest BCUT2D eigenvalue weighted by Gasteiger charge is -2.06. The average Bonchev–Trinajstić information content (AvgIpc) is 2.82. The second-order valence-corrected chi connectivity index (χ2v) is 4.61. The average molecular weight is 289 g/mol. The summed E-state index contributed by atoms with van der Waals surface area (Å²) in [6, 6.07) is 10.2. The van der Waals surface area contributed by atoms with Crippen LogP contribution in [0.2, 0.25) is 5.02 Å². The third-order valence-electron chi connectivity index (χ3n) is 2.92. The molecule has 100 valence electrons. The quantitative estimate of drug-likeness (QED) is 0.758. The van der Waals surface area contributed by atoms with Crippen LogP contribution in [-0.2, 0) is 0 Å². The Hall–Kier alpha value is -2.40. The van der Waals surface area contributed by atoms with Gasteiger partial charge in [-0.1, -0.05) is 29.8 Å². The minimum Gasteiger partial charge on any atom is -0.382 e. The van der Waals surface area contributed by atoms with Crippen molar-refractivity contribution in [3.05, 3.63) is 53.4 Å². The van der Waals surface area contributed by atoms with Crippen LogP contribution in [0.1, 0.15) is 0 Å². The van der Waals surface area contributed by atoms with Crippen molar-refractivity contribution in [3.8, 4) is 22.5 Å². The first-order valence-electron chi connectivity index (χ1n) is 5.87. The molecule has 2 heterocycles. The zero-order chi connectivity index (χ0) is 14.1. The Morgan fingerprint density at radius 3 is 2.65 bits per heavy atom. The molecule has 0 amide bonds. The number of aromatic amines is 1.